The summed E-state index contributed by atoms with van der Waals surface area (Å²) in [6.45, 7) is 0. The average Bonchev–Trinajstić information content (AvgIpc) is 2.85. The second-order valence-corrected chi connectivity index (χ2v) is 5.82. The van der Waals surface area contributed by atoms with Crippen molar-refractivity contribution in [3.63, 3.8) is 0 Å². The molecule has 2 rings (SSSR count). The maximum atomic E-state index is 12.5. The summed E-state index contributed by atoms with van der Waals surface area (Å²) in [7, 11) is -0.962. The van der Waals surface area contributed by atoms with Crippen molar-refractivity contribution in [2.45, 2.75) is 4.90 Å². The van der Waals surface area contributed by atoms with Gasteiger partial charge in [0.1, 0.15) is 21.5 Å². The van der Waals surface area contributed by atoms with E-state index in [0.717, 1.165) is 3.97 Å². The van der Waals surface area contributed by atoms with Crippen LogP contribution in [0.15, 0.2) is 41.4 Å². The Hall–Kier alpha value is -1.66. The summed E-state index contributed by atoms with van der Waals surface area (Å²) in [5.74, 6) is 0.647. The van der Waals surface area contributed by atoms with Gasteiger partial charge in [-0.1, -0.05) is 11.6 Å². The highest BCUT2D eigenvalue weighted by molar-refractivity contribution is 7.90. The molecule has 102 valence electrons. The van der Waals surface area contributed by atoms with E-state index in [1.807, 2.05) is 0 Å². The van der Waals surface area contributed by atoms with Gasteiger partial charge in [0.25, 0.3) is 10.0 Å². The summed E-state index contributed by atoms with van der Waals surface area (Å²) >= 11 is 5.86. The number of hydrogen-bond acceptors (Lipinski definition) is 4. The number of benzene rings is 1. The number of aromatic nitrogens is 1. The lowest BCUT2D eigenvalue weighted by atomic mass is 10.3. The van der Waals surface area contributed by atoms with Gasteiger partial charge in [0.2, 0.25) is 0 Å². The molecule has 2 aromatic rings. The van der Waals surface area contributed by atoms with Gasteiger partial charge in [-0.25, -0.2) is 12.4 Å². The molecule has 7 heteroatoms. The van der Waals surface area contributed by atoms with Crippen molar-refractivity contribution in [3.8, 4) is 11.5 Å². The van der Waals surface area contributed by atoms with Crippen molar-refractivity contribution in [1.82, 2.24) is 3.97 Å². The molecule has 1 aromatic heterocycles. The lowest BCUT2D eigenvalue weighted by Crippen LogP contribution is -2.13. The van der Waals surface area contributed by atoms with Crippen LogP contribution in [-0.2, 0) is 10.0 Å². The fourth-order valence-corrected chi connectivity index (χ4v) is 3.44. The molecule has 0 saturated heterocycles. The summed E-state index contributed by atoms with van der Waals surface area (Å²) in [4.78, 5) is -0.00699. The largest absolute Gasteiger partial charge is 0.497 e. The predicted octanol–water partition coefficient (Wildman–Crippen LogP) is 2.40. The quantitative estimate of drug-likeness (QED) is 0.870. The molecule has 19 heavy (non-hydrogen) atoms. The monoisotopic (exact) mass is 301 g/mol. The molecule has 0 aliphatic rings. The molecule has 0 atom stereocenters. The zero-order valence-corrected chi connectivity index (χ0v) is 11.9. The third-order valence-electron chi connectivity index (χ3n) is 2.57. The molecule has 0 saturated carbocycles. The summed E-state index contributed by atoms with van der Waals surface area (Å²) in [6, 6.07) is 7.58. The van der Waals surface area contributed by atoms with Gasteiger partial charge in [-0.05, 0) is 24.3 Å². The van der Waals surface area contributed by atoms with Gasteiger partial charge in [0.05, 0.1) is 14.2 Å². The Morgan fingerprint density at radius 3 is 2.42 bits per heavy atom. The zero-order chi connectivity index (χ0) is 14.0. The minimum Gasteiger partial charge on any atom is -0.497 e. The van der Waals surface area contributed by atoms with Gasteiger partial charge < -0.3 is 9.47 Å². The molecule has 0 spiro atoms. The minimum absolute atomic E-state index is 0.00699. The summed E-state index contributed by atoms with van der Waals surface area (Å²) in [6.07, 6.45) is 1.37. The van der Waals surface area contributed by atoms with Gasteiger partial charge in [-0.15, -0.1) is 0 Å². The molecule has 0 aliphatic carbocycles. The van der Waals surface area contributed by atoms with E-state index >= 15 is 0 Å². The van der Waals surface area contributed by atoms with E-state index in [4.69, 9.17) is 21.1 Å². The van der Waals surface area contributed by atoms with E-state index in [2.05, 4.69) is 0 Å². The van der Waals surface area contributed by atoms with E-state index in [-0.39, 0.29) is 15.8 Å². The number of rotatable bonds is 4. The number of halogens is 1. The first-order valence-electron chi connectivity index (χ1n) is 5.31. The summed E-state index contributed by atoms with van der Waals surface area (Å²) in [5, 5.41) is 0.102. The molecule has 0 bridgehead atoms. The molecule has 1 aromatic carbocycles. The van der Waals surface area contributed by atoms with Crippen molar-refractivity contribution in [2.75, 3.05) is 14.2 Å². The molecule has 0 aliphatic heterocycles. The van der Waals surface area contributed by atoms with Gasteiger partial charge in [-0.2, -0.15) is 0 Å². The highest BCUT2D eigenvalue weighted by Crippen LogP contribution is 2.31. The topological polar surface area (TPSA) is 57.5 Å². The number of nitrogens with zero attached hydrogens (tertiary/aromatic N) is 1. The first-order chi connectivity index (χ1) is 9.00. The highest BCUT2D eigenvalue weighted by atomic mass is 35.5. The smallest absolute Gasteiger partial charge is 0.272 e. The fourth-order valence-electron chi connectivity index (χ4n) is 1.63. The Morgan fingerprint density at radius 2 is 1.89 bits per heavy atom. The highest BCUT2D eigenvalue weighted by Gasteiger charge is 2.23. The Balaban J connectivity index is 2.66. The van der Waals surface area contributed by atoms with Crippen LogP contribution < -0.4 is 9.47 Å². The van der Waals surface area contributed by atoms with Crippen LogP contribution >= 0.6 is 11.6 Å². The van der Waals surface area contributed by atoms with Crippen LogP contribution in [0, 0.1) is 0 Å². The number of hydrogen-bond donors (Lipinski definition) is 0. The molecule has 0 N–H and O–H groups in total. The second-order valence-electron chi connectivity index (χ2n) is 3.65. The maximum Gasteiger partial charge on any atom is 0.272 e. The van der Waals surface area contributed by atoms with Crippen LogP contribution in [-0.4, -0.2) is 26.6 Å². The number of ether oxygens (including phenoxy) is 2. The lowest BCUT2D eigenvalue weighted by Gasteiger charge is -2.12. The summed E-state index contributed by atoms with van der Waals surface area (Å²) < 4.78 is 36.1. The Bertz CT molecular complexity index is 694. The molecule has 1 heterocycles. The lowest BCUT2D eigenvalue weighted by molar-refractivity contribution is 0.392. The van der Waals surface area contributed by atoms with Gasteiger partial charge in [-0.3, -0.25) is 0 Å². The SMILES string of the molecule is COc1ccc(OC)c(S(=O)(=O)n2cccc2Cl)c1. The van der Waals surface area contributed by atoms with Crippen LogP contribution in [0.4, 0.5) is 0 Å². The van der Waals surface area contributed by atoms with Crippen LogP contribution in [0.2, 0.25) is 5.15 Å². The normalized spacial score (nSPS) is 11.3. The van der Waals surface area contributed by atoms with E-state index in [1.54, 1.807) is 12.1 Å². The van der Waals surface area contributed by atoms with Crippen LogP contribution in [0.1, 0.15) is 0 Å². The number of methoxy groups -OCH3 is 2. The molecule has 5 nitrogen and oxygen atoms in total. The van der Waals surface area contributed by atoms with Gasteiger partial charge in [0, 0.05) is 12.3 Å². The van der Waals surface area contributed by atoms with Crippen LogP contribution in [0.5, 0.6) is 11.5 Å². The van der Waals surface area contributed by atoms with Gasteiger partial charge in [0.15, 0.2) is 0 Å². The molecular weight excluding hydrogens is 290 g/mol. The standard InChI is InChI=1S/C12H12ClNO4S/c1-17-9-5-6-10(18-2)11(8-9)19(15,16)14-7-3-4-12(14)13/h3-8H,1-2H3. The average molecular weight is 302 g/mol. The zero-order valence-electron chi connectivity index (χ0n) is 10.3. The third kappa shape index (κ3) is 2.41. The van der Waals surface area contributed by atoms with Crippen molar-refractivity contribution in [3.05, 3.63) is 41.7 Å². The first-order valence-corrected chi connectivity index (χ1v) is 7.13. The molecular formula is C12H12ClNO4S. The van der Waals surface area contributed by atoms with Crippen molar-refractivity contribution in [2.24, 2.45) is 0 Å². The molecule has 0 unspecified atom stereocenters. The maximum absolute atomic E-state index is 12.5. The molecule has 0 fully saturated rings. The predicted molar refractivity (Wildman–Crippen MR) is 71.6 cm³/mol. The van der Waals surface area contributed by atoms with E-state index < -0.39 is 10.0 Å². The van der Waals surface area contributed by atoms with E-state index in [0.29, 0.717) is 5.75 Å². The summed E-state index contributed by atoms with van der Waals surface area (Å²) in [5.41, 5.74) is 0. The van der Waals surface area contributed by atoms with Gasteiger partial charge >= 0.3 is 0 Å². The minimum atomic E-state index is -3.82. The molecule has 0 radical (unpaired) electrons. The Kier molecular flexibility index (Phi) is 3.73. The second kappa shape index (κ2) is 5.14. The fraction of sp³-hybridized carbons (Fsp3) is 0.167. The first kappa shape index (κ1) is 13.8. The van der Waals surface area contributed by atoms with Crippen molar-refractivity contribution in [1.29, 1.82) is 0 Å². The van der Waals surface area contributed by atoms with E-state index in [9.17, 15) is 8.42 Å². The Morgan fingerprint density at radius 1 is 1.16 bits per heavy atom. The third-order valence-corrected chi connectivity index (χ3v) is 4.69. The molecule has 0 amide bonds. The van der Waals surface area contributed by atoms with Crippen molar-refractivity contribution < 1.29 is 17.9 Å². The van der Waals surface area contributed by atoms with Crippen LogP contribution in [0.3, 0.4) is 0 Å². The Labute approximate surface area is 116 Å². The van der Waals surface area contributed by atoms with E-state index in [1.165, 1.54) is 38.6 Å². The van der Waals surface area contributed by atoms with Crippen molar-refractivity contribution >= 4 is 21.6 Å². The van der Waals surface area contributed by atoms with Crippen LogP contribution in [0.25, 0.3) is 0 Å².